The minimum absolute atomic E-state index is 0.214. The summed E-state index contributed by atoms with van der Waals surface area (Å²) in [4.78, 5) is 10.9. The summed E-state index contributed by atoms with van der Waals surface area (Å²) < 4.78 is 5.14. The molecular formula is C11H16N2O3. The zero-order valence-electron chi connectivity index (χ0n) is 9.19. The average molecular weight is 224 g/mol. The molecule has 0 atom stereocenters. The monoisotopic (exact) mass is 224 g/mol. The highest BCUT2D eigenvalue weighted by Gasteiger charge is 2.09. The number of carboxylic acid groups (broad SMARTS) is 1. The number of ether oxygens (including phenoxy) is 1. The van der Waals surface area contributed by atoms with Crippen LogP contribution in [0, 0.1) is 0 Å². The fraction of sp³-hybridized carbons (Fsp3) is 0.364. The highest BCUT2D eigenvalue weighted by Crippen LogP contribution is 2.18. The Bertz CT molecular complexity index is 366. The molecule has 4 N–H and O–H groups in total. The molecule has 0 bridgehead atoms. The highest BCUT2D eigenvalue weighted by molar-refractivity contribution is 5.95. The van der Waals surface area contributed by atoms with Crippen LogP contribution in [0.5, 0.6) is 0 Å². The summed E-state index contributed by atoms with van der Waals surface area (Å²) >= 11 is 0. The van der Waals surface area contributed by atoms with Crippen molar-refractivity contribution in [3.8, 4) is 0 Å². The van der Waals surface area contributed by atoms with E-state index in [-0.39, 0.29) is 5.56 Å². The third kappa shape index (κ3) is 3.43. The first-order chi connectivity index (χ1) is 7.65. The number of hydrogen-bond acceptors (Lipinski definition) is 4. The summed E-state index contributed by atoms with van der Waals surface area (Å²) in [7, 11) is 0. The van der Waals surface area contributed by atoms with Crippen LogP contribution in [-0.4, -0.2) is 30.8 Å². The first kappa shape index (κ1) is 12.3. The van der Waals surface area contributed by atoms with Gasteiger partial charge in [0.25, 0.3) is 0 Å². The van der Waals surface area contributed by atoms with Gasteiger partial charge < -0.3 is 20.9 Å². The quantitative estimate of drug-likeness (QED) is 0.502. The second kappa shape index (κ2) is 5.97. The van der Waals surface area contributed by atoms with E-state index >= 15 is 0 Å². The number of hydrogen-bond donors (Lipinski definition) is 3. The molecule has 0 unspecified atom stereocenters. The Balaban J connectivity index is 2.68. The van der Waals surface area contributed by atoms with Crippen molar-refractivity contribution in [2.45, 2.75) is 6.92 Å². The maximum atomic E-state index is 10.9. The van der Waals surface area contributed by atoms with Crippen molar-refractivity contribution in [3.05, 3.63) is 23.8 Å². The van der Waals surface area contributed by atoms with Crippen LogP contribution in [0.15, 0.2) is 18.2 Å². The summed E-state index contributed by atoms with van der Waals surface area (Å²) in [6.07, 6.45) is 0. The number of carboxylic acids is 1. The van der Waals surface area contributed by atoms with Gasteiger partial charge in [-0.05, 0) is 25.1 Å². The zero-order valence-corrected chi connectivity index (χ0v) is 9.19. The van der Waals surface area contributed by atoms with Gasteiger partial charge >= 0.3 is 5.97 Å². The van der Waals surface area contributed by atoms with Crippen molar-refractivity contribution in [2.24, 2.45) is 0 Å². The molecule has 0 fully saturated rings. The summed E-state index contributed by atoms with van der Waals surface area (Å²) in [6.45, 7) is 3.63. The predicted molar refractivity (Wildman–Crippen MR) is 62.8 cm³/mol. The van der Waals surface area contributed by atoms with Gasteiger partial charge in [0, 0.05) is 18.8 Å². The van der Waals surface area contributed by atoms with E-state index in [1.165, 1.54) is 6.07 Å². The molecule has 88 valence electrons. The van der Waals surface area contributed by atoms with E-state index in [0.717, 1.165) is 0 Å². The van der Waals surface area contributed by atoms with Crippen molar-refractivity contribution in [1.82, 2.24) is 0 Å². The largest absolute Gasteiger partial charge is 0.478 e. The number of rotatable bonds is 6. The number of aromatic carboxylic acids is 1. The third-order valence-electron chi connectivity index (χ3n) is 2.04. The molecule has 0 spiro atoms. The van der Waals surface area contributed by atoms with E-state index in [1.54, 1.807) is 12.1 Å². The van der Waals surface area contributed by atoms with E-state index in [0.29, 0.717) is 31.1 Å². The Hall–Kier alpha value is -1.75. The molecule has 0 heterocycles. The van der Waals surface area contributed by atoms with Crippen molar-refractivity contribution in [2.75, 3.05) is 30.8 Å². The zero-order chi connectivity index (χ0) is 12.0. The molecule has 0 radical (unpaired) electrons. The Kier molecular flexibility index (Phi) is 4.60. The molecule has 0 aromatic heterocycles. The topological polar surface area (TPSA) is 84.6 Å². The van der Waals surface area contributed by atoms with Gasteiger partial charge in [-0.15, -0.1) is 0 Å². The SMILES string of the molecule is CCOCCNc1cc(N)ccc1C(=O)O. The van der Waals surface area contributed by atoms with Crippen LogP contribution in [0.25, 0.3) is 0 Å². The van der Waals surface area contributed by atoms with E-state index in [9.17, 15) is 4.79 Å². The Morgan fingerprint density at radius 3 is 2.94 bits per heavy atom. The lowest BCUT2D eigenvalue weighted by atomic mass is 10.1. The molecule has 0 aliphatic rings. The number of nitrogens with one attached hydrogen (secondary N) is 1. The van der Waals surface area contributed by atoms with Crippen LogP contribution >= 0.6 is 0 Å². The standard InChI is InChI=1S/C11H16N2O3/c1-2-16-6-5-13-10-7-8(12)3-4-9(10)11(14)15/h3-4,7,13H,2,5-6,12H2,1H3,(H,14,15). The van der Waals surface area contributed by atoms with Gasteiger partial charge in [-0.3, -0.25) is 0 Å². The maximum absolute atomic E-state index is 10.9. The molecule has 1 rings (SSSR count). The van der Waals surface area contributed by atoms with Gasteiger partial charge in [0.15, 0.2) is 0 Å². The Morgan fingerprint density at radius 1 is 1.56 bits per heavy atom. The molecule has 0 saturated heterocycles. The second-order valence-electron chi connectivity index (χ2n) is 3.23. The van der Waals surface area contributed by atoms with Crippen molar-refractivity contribution >= 4 is 17.3 Å². The van der Waals surface area contributed by atoms with Crippen molar-refractivity contribution < 1.29 is 14.6 Å². The third-order valence-corrected chi connectivity index (χ3v) is 2.04. The number of nitrogens with two attached hydrogens (primary N) is 1. The lowest BCUT2D eigenvalue weighted by molar-refractivity contribution is 0.0698. The molecule has 5 nitrogen and oxygen atoms in total. The van der Waals surface area contributed by atoms with Crippen molar-refractivity contribution in [1.29, 1.82) is 0 Å². The van der Waals surface area contributed by atoms with Crippen LogP contribution in [-0.2, 0) is 4.74 Å². The average Bonchev–Trinajstić information content (AvgIpc) is 2.24. The number of benzene rings is 1. The molecule has 0 amide bonds. The smallest absolute Gasteiger partial charge is 0.337 e. The molecular weight excluding hydrogens is 208 g/mol. The lowest BCUT2D eigenvalue weighted by Crippen LogP contribution is -2.12. The number of anilines is 2. The van der Waals surface area contributed by atoms with Gasteiger partial charge in [-0.25, -0.2) is 4.79 Å². The minimum atomic E-state index is -0.973. The van der Waals surface area contributed by atoms with Crippen LogP contribution < -0.4 is 11.1 Å². The van der Waals surface area contributed by atoms with Gasteiger partial charge in [0.2, 0.25) is 0 Å². The molecule has 0 saturated carbocycles. The number of nitrogen functional groups attached to an aromatic ring is 1. The van der Waals surface area contributed by atoms with Gasteiger partial charge in [0.1, 0.15) is 0 Å². The van der Waals surface area contributed by atoms with Gasteiger partial charge in [0.05, 0.1) is 17.9 Å². The maximum Gasteiger partial charge on any atom is 0.337 e. The van der Waals surface area contributed by atoms with Gasteiger partial charge in [-0.2, -0.15) is 0 Å². The normalized spacial score (nSPS) is 10.1. The molecule has 0 aliphatic heterocycles. The summed E-state index contributed by atoms with van der Waals surface area (Å²) in [5, 5.41) is 11.9. The molecule has 1 aromatic rings. The van der Waals surface area contributed by atoms with E-state index in [4.69, 9.17) is 15.6 Å². The Morgan fingerprint density at radius 2 is 2.31 bits per heavy atom. The lowest BCUT2D eigenvalue weighted by Gasteiger charge is -2.10. The summed E-state index contributed by atoms with van der Waals surface area (Å²) in [5.41, 5.74) is 6.86. The number of carbonyl (C=O) groups is 1. The van der Waals surface area contributed by atoms with Crippen LogP contribution in [0.4, 0.5) is 11.4 Å². The molecule has 1 aromatic carbocycles. The Labute approximate surface area is 94.2 Å². The van der Waals surface area contributed by atoms with E-state index in [2.05, 4.69) is 5.32 Å². The molecule has 5 heteroatoms. The summed E-state index contributed by atoms with van der Waals surface area (Å²) in [6, 6.07) is 4.66. The summed E-state index contributed by atoms with van der Waals surface area (Å²) in [5.74, 6) is -0.973. The van der Waals surface area contributed by atoms with Crippen LogP contribution in [0.1, 0.15) is 17.3 Å². The fourth-order valence-corrected chi connectivity index (χ4v) is 1.30. The van der Waals surface area contributed by atoms with Crippen LogP contribution in [0.2, 0.25) is 0 Å². The van der Waals surface area contributed by atoms with E-state index < -0.39 is 5.97 Å². The molecule has 0 aliphatic carbocycles. The fourth-order valence-electron chi connectivity index (χ4n) is 1.30. The van der Waals surface area contributed by atoms with Crippen molar-refractivity contribution in [3.63, 3.8) is 0 Å². The minimum Gasteiger partial charge on any atom is -0.478 e. The highest BCUT2D eigenvalue weighted by atomic mass is 16.5. The van der Waals surface area contributed by atoms with E-state index in [1.807, 2.05) is 6.92 Å². The first-order valence-corrected chi connectivity index (χ1v) is 5.09. The predicted octanol–water partition coefficient (Wildman–Crippen LogP) is 1.42. The molecule has 16 heavy (non-hydrogen) atoms. The second-order valence-corrected chi connectivity index (χ2v) is 3.23. The van der Waals surface area contributed by atoms with Crippen LogP contribution in [0.3, 0.4) is 0 Å². The van der Waals surface area contributed by atoms with Gasteiger partial charge in [-0.1, -0.05) is 0 Å². The first-order valence-electron chi connectivity index (χ1n) is 5.09.